The molecular formula is C30H30F3N3O4. The number of ether oxygens (including phenoxy) is 1. The maximum absolute atomic E-state index is 12.7. The van der Waals surface area contributed by atoms with E-state index in [1.165, 1.54) is 19.1 Å². The number of hydrogen-bond acceptors (Lipinski definition) is 4. The van der Waals surface area contributed by atoms with Crippen LogP contribution in [0.1, 0.15) is 54.1 Å². The largest absolute Gasteiger partial charge is 0.457 e. The number of hydrogen-bond donors (Lipinski definition) is 2. The summed E-state index contributed by atoms with van der Waals surface area (Å²) >= 11 is 0. The molecule has 1 aliphatic rings. The molecule has 1 aliphatic heterocycles. The Labute approximate surface area is 230 Å². The predicted molar refractivity (Wildman–Crippen MR) is 144 cm³/mol. The molecule has 4 rings (SSSR count). The summed E-state index contributed by atoms with van der Waals surface area (Å²) in [6, 6.07) is 17.7. The molecule has 7 nitrogen and oxygen atoms in total. The van der Waals surface area contributed by atoms with Crippen LogP contribution in [0, 0.1) is 0 Å². The molecule has 0 aliphatic carbocycles. The van der Waals surface area contributed by atoms with Crippen LogP contribution < -0.4 is 15.4 Å². The van der Waals surface area contributed by atoms with Crippen LogP contribution in [0.4, 0.5) is 18.9 Å². The van der Waals surface area contributed by atoms with Crippen LogP contribution in [0.2, 0.25) is 0 Å². The summed E-state index contributed by atoms with van der Waals surface area (Å²) in [4.78, 5) is 38.2. The standard InChI is InChI=1S/C30H30F3N3O4/c1-19(34-20(2)37)29(39)36-17-15-22(16-18-36)21-3-9-25(10-4-21)35-28(38)23-5-11-26(12-6-23)40-27-13-7-24(8-14-27)30(31,32)33/h3-14,19,22H,15-18H2,1-2H3,(H,34,37)(H,35,38). The lowest BCUT2D eigenvalue weighted by Crippen LogP contribution is -2.48. The maximum Gasteiger partial charge on any atom is 0.416 e. The number of nitrogens with zero attached hydrogens (tertiary/aromatic N) is 1. The number of rotatable bonds is 7. The summed E-state index contributed by atoms with van der Waals surface area (Å²) in [6.45, 7) is 4.31. The molecule has 1 saturated heterocycles. The third kappa shape index (κ3) is 7.40. The molecule has 0 aromatic heterocycles. The summed E-state index contributed by atoms with van der Waals surface area (Å²) in [5.74, 6) is 0.313. The minimum absolute atomic E-state index is 0.0779. The number of alkyl halides is 3. The number of benzene rings is 3. The lowest BCUT2D eigenvalue weighted by atomic mass is 9.89. The van der Waals surface area contributed by atoms with Gasteiger partial charge in [-0.25, -0.2) is 0 Å². The molecule has 1 atom stereocenters. The van der Waals surface area contributed by atoms with Crippen molar-refractivity contribution in [1.29, 1.82) is 0 Å². The highest BCUT2D eigenvalue weighted by molar-refractivity contribution is 6.04. The molecule has 1 fully saturated rings. The smallest absolute Gasteiger partial charge is 0.416 e. The molecule has 3 amide bonds. The fraction of sp³-hybridized carbons (Fsp3) is 0.300. The van der Waals surface area contributed by atoms with E-state index in [-0.39, 0.29) is 23.5 Å². The molecule has 0 spiro atoms. The molecule has 0 bridgehead atoms. The number of anilines is 1. The molecule has 40 heavy (non-hydrogen) atoms. The van der Waals surface area contributed by atoms with Crippen molar-refractivity contribution in [2.45, 2.75) is 44.8 Å². The number of carbonyl (C=O) groups excluding carboxylic acids is 3. The van der Waals surface area contributed by atoms with Crippen molar-refractivity contribution in [2.75, 3.05) is 18.4 Å². The van der Waals surface area contributed by atoms with E-state index in [9.17, 15) is 27.6 Å². The lowest BCUT2D eigenvalue weighted by molar-refractivity contribution is -0.137. The second-order valence-corrected chi connectivity index (χ2v) is 9.75. The van der Waals surface area contributed by atoms with E-state index in [0.29, 0.717) is 36.0 Å². The van der Waals surface area contributed by atoms with E-state index in [2.05, 4.69) is 10.6 Å². The quantitative estimate of drug-likeness (QED) is 0.377. The zero-order chi connectivity index (χ0) is 28.9. The molecule has 0 radical (unpaired) electrons. The van der Waals surface area contributed by atoms with Gasteiger partial charge in [-0.1, -0.05) is 12.1 Å². The van der Waals surface area contributed by atoms with E-state index in [0.717, 1.165) is 30.5 Å². The number of nitrogens with one attached hydrogen (secondary N) is 2. The summed E-state index contributed by atoms with van der Waals surface area (Å²) in [5, 5.41) is 5.49. The highest BCUT2D eigenvalue weighted by Crippen LogP contribution is 2.32. The number of amides is 3. The average Bonchev–Trinajstić information content (AvgIpc) is 2.93. The Kier molecular flexibility index (Phi) is 8.77. The molecule has 2 N–H and O–H groups in total. The molecule has 3 aromatic carbocycles. The third-order valence-corrected chi connectivity index (χ3v) is 6.77. The first-order chi connectivity index (χ1) is 19.0. The molecule has 10 heteroatoms. The van der Waals surface area contributed by atoms with E-state index >= 15 is 0 Å². The molecule has 0 saturated carbocycles. The van der Waals surface area contributed by atoms with Gasteiger partial charge in [0.2, 0.25) is 11.8 Å². The minimum atomic E-state index is -4.41. The number of likely N-dealkylation sites (tertiary alicyclic amines) is 1. The lowest BCUT2D eigenvalue weighted by Gasteiger charge is -2.34. The van der Waals surface area contributed by atoms with Gasteiger partial charge in [0.05, 0.1) is 5.56 Å². The highest BCUT2D eigenvalue weighted by Gasteiger charge is 2.30. The van der Waals surface area contributed by atoms with Crippen LogP contribution in [-0.4, -0.2) is 41.8 Å². The van der Waals surface area contributed by atoms with Gasteiger partial charge in [-0.3, -0.25) is 14.4 Å². The highest BCUT2D eigenvalue weighted by atomic mass is 19.4. The first-order valence-corrected chi connectivity index (χ1v) is 12.9. The molecule has 1 unspecified atom stereocenters. The van der Waals surface area contributed by atoms with Crippen molar-refractivity contribution in [3.8, 4) is 11.5 Å². The van der Waals surface area contributed by atoms with Gasteiger partial charge in [-0.15, -0.1) is 0 Å². The third-order valence-electron chi connectivity index (χ3n) is 6.77. The fourth-order valence-electron chi connectivity index (χ4n) is 4.64. The SMILES string of the molecule is CC(=O)NC(C)C(=O)N1CCC(c2ccc(NC(=O)c3ccc(Oc4ccc(C(F)(F)F)cc4)cc3)cc2)CC1. The molecule has 3 aromatic rings. The minimum Gasteiger partial charge on any atom is -0.457 e. The summed E-state index contributed by atoms with van der Waals surface area (Å²) < 4.78 is 43.7. The normalized spacial score (nSPS) is 14.8. The first-order valence-electron chi connectivity index (χ1n) is 12.9. The van der Waals surface area contributed by atoms with Crippen LogP contribution in [-0.2, 0) is 15.8 Å². The van der Waals surface area contributed by atoms with Crippen molar-refractivity contribution in [3.05, 3.63) is 89.5 Å². The maximum atomic E-state index is 12.7. The Hall–Kier alpha value is -4.34. The van der Waals surface area contributed by atoms with Gasteiger partial charge in [0.15, 0.2) is 0 Å². The Morgan fingerprint density at radius 2 is 1.43 bits per heavy atom. The second kappa shape index (κ2) is 12.2. The zero-order valence-corrected chi connectivity index (χ0v) is 22.1. The zero-order valence-electron chi connectivity index (χ0n) is 22.1. The topological polar surface area (TPSA) is 87.7 Å². The Morgan fingerprint density at radius 1 is 0.875 bits per heavy atom. The van der Waals surface area contributed by atoms with Crippen LogP contribution in [0.3, 0.4) is 0 Å². The van der Waals surface area contributed by atoms with E-state index < -0.39 is 17.8 Å². The summed E-state index contributed by atoms with van der Waals surface area (Å²) in [7, 11) is 0. The Balaban J connectivity index is 1.27. The van der Waals surface area contributed by atoms with E-state index in [4.69, 9.17) is 4.74 Å². The van der Waals surface area contributed by atoms with Gasteiger partial charge >= 0.3 is 6.18 Å². The number of carbonyl (C=O) groups is 3. The van der Waals surface area contributed by atoms with Crippen molar-refractivity contribution in [3.63, 3.8) is 0 Å². The van der Waals surface area contributed by atoms with E-state index in [1.54, 1.807) is 36.1 Å². The van der Waals surface area contributed by atoms with Gasteiger partial charge in [-0.2, -0.15) is 13.2 Å². The van der Waals surface area contributed by atoms with Gasteiger partial charge in [-0.05, 0) is 91.9 Å². The van der Waals surface area contributed by atoms with Gasteiger partial charge in [0, 0.05) is 31.3 Å². The number of halogens is 3. The summed E-state index contributed by atoms with van der Waals surface area (Å²) in [5.41, 5.74) is 1.40. The van der Waals surface area contributed by atoms with Crippen molar-refractivity contribution in [1.82, 2.24) is 10.2 Å². The fourth-order valence-corrected chi connectivity index (χ4v) is 4.64. The summed E-state index contributed by atoms with van der Waals surface area (Å²) in [6.07, 6.45) is -2.79. The van der Waals surface area contributed by atoms with Crippen LogP contribution in [0.5, 0.6) is 11.5 Å². The molecular weight excluding hydrogens is 523 g/mol. The molecule has 210 valence electrons. The number of piperidine rings is 1. The van der Waals surface area contributed by atoms with Gasteiger partial charge < -0.3 is 20.3 Å². The predicted octanol–water partition coefficient (Wildman–Crippen LogP) is 5.98. The molecule has 1 heterocycles. The van der Waals surface area contributed by atoms with Gasteiger partial charge in [0.1, 0.15) is 17.5 Å². The van der Waals surface area contributed by atoms with Crippen molar-refractivity contribution < 1.29 is 32.3 Å². The first kappa shape index (κ1) is 28.7. The van der Waals surface area contributed by atoms with Crippen molar-refractivity contribution >= 4 is 23.4 Å². The van der Waals surface area contributed by atoms with Crippen molar-refractivity contribution in [2.24, 2.45) is 0 Å². The average molecular weight is 554 g/mol. The monoisotopic (exact) mass is 553 g/mol. The second-order valence-electron chi connectivity index (χ2n) is 9.75. The van der Waals surface area contributed by atoms with Crippen LogP contribution in [0.15, 0.2) is 72.8 Å². The van der Waals surface area contributed by atoms with E-state index in [1.807, 2.05) is 24.3 Å². The Bertz CT molecular complexity index is 1330. The van der Waals surface area contributed by atoms with Gasteiger partial charge in [0.25, 0.3) is 5.91 Å². The Morgan fingerprint density at radius 3 is 1.95 bits per heavy atom. The van der Waals surface area contributed by atoms with Crippen LogP contribution >= 0.6 is 0 Å². The van der Waals surface area contributed by atoms with Crippen LogP contribution in [0.25, 0.3) is 0 Å².